The van der Waals surface area contributed by atoms with E-state index in [9.17, 15) is 13.2 Å². The summed E-state index contributed by atoms with van der Waals surface area (Å²) in [6.45, 7) is 0. The maximum atomic E-state index is 12.2. The Labute approximate surface area is 103 Å². The molecule has 92 valence electrons. The minimum atomic E-state index is -4.63. The van der Waals surface area contributed by atoms with Crippen LogP contribution in [0.25, 0.3) is 11.0 Å². The Hall–Kier alpha value is -1.08. The third-order valence-corrected chi connectivity index (χ3v) is 2.75. The Bertz CT molecular complexity index is 538. The summed E-state index contributed by atoms with van der Waals surface area (Å²) in [4.78, 5) is 6.71. The summed E-state index contributed by atoms with van der Waals surface area (Å²) in [7, 11) is 0. The molecule has 1 aromatic heterocycles. The van der Waals surface area contributed by atoms with E-state index in [1.54, 1.807) is 18.2 Å². The summed E-state index contributed by atoms with van der Waals surface area (Å²) in [6, 6.07) is 5.14. The highest BCUT2D eigenvalue weighted by Gasteiger charge is 2.38. The number of nitrogens with one attached hydrogen (secondary N) is 1. The molecule has 1 atom stereocenters. The number of aromatic amines is 1. The summed E-state index contributed by atoms with van der Waals surface area (Å²) in [6.07, 6.45) is -7.60. The second kappa shape index (κ2) is 4.30. The number of aromatic nitrogens is 2. The van der Waals surface area contributed by atoms with E-state index in [0.29, 0.717) is 11.0 Å². The van der Waals surface area contributed by atoms with Crippen molar-refractivity contribution in [1.29, 1.82) is 0 Å². The number of hydrogen-bond acceptors (Lipinski definition) is 2. The van der Waals surface area contributed by atoms with Crippen molar-refractivity contribution in [3.05, 3.63) is 28.5 Å². The predicted molar refractivity (Wildman–Crippen MR) is 59.6 cm³/mol. The lowest BCUT2D eigenvalue weighted by Gasteiger charge is -2.12. The van der Waals surface area contributed by atoms with Crippen LogP contribution in [0, 0.1) is 0 Å². The molecule has 3 nitrogen and oxygen atoms in total. The number of nitrogens with zero attached hydrogens (tertiary/aromatic N) is 1. The number of benzene rings is 1. The van der Waals surface area contributed by atoms with Crippen molar-refractivity contribution in [1.82, 2.24) is 9.97 Å². The normalized spacial score (nSPS) is 14.2. The topological polar surface area (TPSA) is 48.9 Å². The number of H-pyrrole nitrogens is 1. The first kappa shape index (κ1) is 12.4. The van der Waals surface area contributed by atoms with Gasteiger partial charge in [-0.3, -0.25) is 0 Å². The van der Waals surface area contributed by atoms with Gasteiger partial charge in [-0.15, -0.1) is 0 Å². The van der Waals surface area contributed by atoms with E-state index in [0.717, 1.165) is 4.47 Å². The molecule has 2 rings (SSSR count). The van der Waals surface area contributed by atoms with Crippen LogP contribution < -0.4 is 0 Å². The molecule has 0 bridgehead atoms. The summed E-state index contributed by atoms with van der Waals surface area (Å²) in [5.41, 5.74) is 1.20. The van der Waals surface area contributed by atoms with Crippen LogP contribution in [0.4, 0.5) is 13.2 Å². The van der Waals surface area contributed by atoms with Crippen LogP contribution in [0.1, 0.15) is 5.82 Å². The number of hydrogen-bond donors (Lipinski definition) is 2. The van der Waals surface area contributed by atoms with E-state index < -0.39 is 18.7 Å². The fourth-order valence-electron chi connectivity index (χ4n) is 1.43. The maximum absolute atomic E-state index is 12.2. The zero-order valence-electron chi connectivity index (χ0n) is 8.42. The quantitative estimate of drug-likeness (QED) is 0.896. The van der Waals surface area contributed by atoms with E-state index in [-0.39, 0.29) is 5.82 Å². The van der Waals surface area contributed by atoms with Crippen LogP contribution >= 0.6 is 15.9 Å². The average molecular weight is 309 g/mol. The molecular formula is C10H8BrF3N2O. The minimum Gasteiger partial charge on any atom is -0.383 e. The lowest BCUT2D eigenvalue weighted by molar-refractivity contribution is -0.203. The lowest BCUT2D eigenvalue weighted by atomic mass is 10.2. The van der Waals surface area contributed by atoms with Crippen LogP contribution in [0.3, 0.4) is 0 Å². The number of fused-ring (bicyclic) bond motifs is 1. The molecule has 2 N–H and O–H groups in total. The molecule has 1 unspecified atom stereocenters. The van der Waals surface area contributed by atoms with Gasteiger partial charge in [0.25, 0.3) is 0 Å². The highest BCUT2D eigenvalue weighted by atomic mass is 79.9. The van der Waals surface area contributed by atoms with Crippen molar-refractivity contribution in [3.63, 3.8) is 0 Å². The van der Waals surface area contributed by atoms with Gasteiger partial charge in [-0.2, -0.15) is 13.2 Å². The van der Waals surface area contributed by atoms with Crippen LogP contribution in [-0.4, -0.2) is 27.4 Å². The predicted octanol–water partition coefficient (Wildman–Crippen LogP) is 2.79. The number of halogens is 4. The standard InChI is InChI=1S/C10H8BrF3N2O/c11-5-1-2-6-7(3-5)16-9(15-6)4-8(17)10(12,13)14/h1-3,8,17H,4H2,(H,15,16). The summed E-state index contributed by atoms with van der Waals surface area (Å²) >= 11 is 3.25. The monoisotopic (exact) mass is 308 g/mol. The van der Waals surface area contributed by atoms with Crippen molar-refractivity contribution in [2.45, 2.75) is 18.7 Å². The molecule has 7 heteroatoms. The number of aliphatic hydroxyl groups excluding tert-OH is 1. The third kappa shape index (κ3) is 2.78. The van der Waals surface area contributed by atoms with Gasteiger partial charge in [0.05, 0.1) is 11.0 Å². The number of alkyl halides is 3. The molecule has 0 aliphatic heterocycles. The molecule has 0 spiro atoms. The molecule has 0 saturated carbocycles. The Morgan fingerprint density at radius 2 is 2.12 bits per heavy atom. The fourth-order valence-corrected chi connectivity index (χ4v) is 1.79. The van der Waals surface area contributed by atoms with E-state index in [2.05, 4.69) is 25.9 Å². The largest absolute Gasteiger partial charge is 0.414 e. The van der Waals surface area contributed by atoms with Crippen molar-refractivity contribution in [3.8, 4) is 0 Å². The Morgan fingerprint density at radius 1 is 1.41 bits per heavy atom. The summed E-state index contributed by atoms with van der Waals surface area (Å²) < 4.78 is 37.3. The number of aliphatic hydroxyl groups is 1. The van der Waals surface area contributed by atoms with Crippen LogP contribution in [-0.2, 0) is 6.42 Å². The molecule has 1 heterocycles. The molecule has 0 fully saturated rings. The fraction of sp³-hybridized carbons (Fsp3) is 0.300. The van der Waals surface area contributed by atoms with E-state index in [1.807, 2.05) is 0 Å². The lowest BCUT2D eigenvalue weighted by Crippen LogP contribution is -2.30. The minimum absolute atomic E-state index is 0.114. The highest BCUT2D eigenvalue weighted by molar-refractivity contribution is 9.10. The molecule has 0 amide bonds. The Kier molecular flexibility index (Phi) is 3.13. The molecule has 0 radical (unpaired) electrons. The second-order valence-electron chi connectivity index (χ2n) is 3.61. The van der Waals surface area contributed by atoms with Crippen LogP contribution in [0.15, 0.2) is 22.7 Å². The van der Waals surface area contributed by atoms with Gasteiger partial charge in [-0.05, 0) is 18.2 Å². The smallest absolute Gasteiger partial charge is 0.383 e. The van der Waals surface area contributed by atoms with Crippen molar-refractivity contribution in [2.75, 3.05) is 0 Å². The van der Waals surface area contributed by atoms with Gasteiger partial charge in [0.15, 0.2) is 6.10 Å². The molecule has 0 saturated heterocycles. The summed E-state index contributed by atoms with van der Waals surface area (Å²) in [5.74, 6) is 0.114. The van der Waals surface area contributed by atoms with Crippen molar-refractivity contribution >= 4 is 27.0 Å². The Morgan fingerprint density at radius 3 is 2.76 bits per heavy atom. The van der Waals surface area contributed by atoms with Crippen molar-refractivity contribution in [2.24, 2.45) is 0 Å². The highest BCUT2D eigenvalue weighted by Crippen LogP contribution is 2.23. The first-order chi connectivity index (χ1) is 7.86. The van der Waals surface area contributed by atoms with Gasteiger partial charge in [0.2, 0.25) is 0 Å². The second-order valence-corrected chi connectivity index (χ2v) is 4.52. The van der Waals surface area contributed by atoms with Gasteiger partial charge in [-0.1, -0.05) is 15.9 Å². The molecule has 1 aromatic carbocycles. The number of imidazole rings is 1. The molecule has 0 aliphatic rings. The molecule has 0 aliphatic carbocycles. The van der Waals surface area contributed by atoms with Gasteiger partial charge in [-0.25, -0.2) is 4.98 Å². The van der Waals surface area contributed by atoms with Gasteiger partial charge < -0.3 is 10.1 Å². The van der Waals surface area contributed by atoms with E-state index in [4.69, 9.17) is 5.11 Å². The van der Waals surface area contributed by atoms with Crippen LogP contribution in [0.2, 0.25) is 0 Å². The van der Waals surface area contributed by atoms with Crippen LogP contribution in [0.5, 0.6) is 0 Å². The van der Waals surface area contributed by atoms with E-state index >= 15 is 0 Å². The van der Waals surface area contributed by atoms with Gasteiger partial charge >= 0.3 is 6.18 Å². The molecule has 17 heavy (non-hydrogen) atoms. The Balaban J connectivity index is 2.25. The molecular weight excluding hydrogens is 301 g/mol. The zero-order valence-corrected chi connectivity index (χ0v) is 10.0. The van der Waals surface area contributed by atoms with Gasteiger partial charge in [0, 0.05) is 10.9 Å². The first-order valence-corrected chi connectivity index (χ1v) is 5.54. The zero-order chi connectivity index (χ0) is 12.6. The van der Waals surface area contributed by atoms with Crippen molar-refractivity contribution < 1.29 is 18.3 Å². The SMILES string of the molecule is OC(Cc1nc2ccc(Br)cc2[nH]1)C(F)(F)F. The number of rotatable bonds is 2. The maximum Gasteiger partial charge on any atom is 0.414 e. The van der Waals surface area contributed by atoms with E-state index in [1.165, 1.54) is 0 Å². The first-order valence-electron chi connectivity index (χ1n) is 4.75. The third-order valence-electron chi connectivity index (χ3n) is 2.26. The summed E-state index contributed by atoms with van der Waals surface area (Å²) in [5, 5.41) is 8.92. The molecule has 2 aromatic rings. The average Bonchev–Trinajstić information content (AvgIpc) is 2.57. The van der Waals surface area contributed by atoms with Gasteiger partial charge in [0.1, 0.15) is 5.82 Å².